The Balaban J connectivity index is 1.56. The van der Waals surface area contributed by atoms with Crippen LogP contribution < -0.4 is 10.6 Å². The highest BCUT2D eigenvalue weighted by Gasteiger charge is 2.26. The molecule has 0 unspecified atom stereocenters. The van der Waals surface area contributed by atoms with E-state index in [0.717, 1.165) is 11.3 Å². The monoisotopic (exact) mass is 284 g/mol. The van der Waals surface area contributed by atoms with E-state index in [-0.39, 0.29) is 17.7 Å². The van der Waals surface area contributed by atoms with E-state index >= 15 is 0 Å². The fourth-order valence-electron chi connectivity index (χ4n) is 2.49. The van der Waals surface area contributed by atoms with Crippen molar-refractivity contribution >= 4 is 23.2 Å². The first kappa shape index (κ1) is 13.4. The average molecular weight is 284 g/mol. The molecule has 0 spiro atoms. The van der Waals surface area contributed by atoms with Crippen LogP contribution in [0.15, 0.2) is 36.7 Å². The number of carbonyl (C=O) groups is 2. The minimum Gasteiger partial charge on any atom is -0.326 e. The van der Waals surface area contributed by atoms with E-state index in [1.165, 1.54) is 0 Å². The number of rotatable bonds is 4. The van der Waals surface area contributed by atoms with Gasteiger partial charge in [-0.05, 0) is 24.5 Å². The summed E-state index contributed by atoms with van der Waals surface area (Å²) >= 11 is 0. The quantitative estimate of drug-likeness (QED) is 0.801. The zero-order chi connectivity index (χ0) is 14.7. The number of aromatic nitrogens is 2. The summed E-state index contributed by atoms with van der Waals surface area (Å²) in [5.41, 5.74) is 2.64. The lowest BCUT2D eigenvalue weighted by atomic mass is 9.89. The third kappa shape index (κ3) is 3.10. The first-order chi connectivity index (χ1) is 10.2. The third-order valence-electron chi connectivity index (χ3n) is 3.61. The molecule has 1 atom stereocenters. The van der Waals surface area contributed by atoms with Crippen molar-refractivity contribution in [3.8, 4) is 0 Å². The van der Waals surface area contributed by atoms with Crippen LogP contribution in [0.4, 0.5) is 11.4 Å². The zero-order valence-corrected chi connectivity index (χ0v) is 11.4. The number of benzene rings is 1. The van der Waals surface area contributed by atoms with E-state index in [2.05, 4.69) is 20.8 Å². The molecule has 3 N–H and O–H groups in total. The van der Waals surface area contributed by atoms with E-state index in [0.29, 0.717) is 24.9 Å². The molecule has 21 heavy (non-hydrogen) atoms. The van der Waals surface area contributed by atoms with E-state index in [4.69, 9.17) is 0 Å². The summed E-state index contributed by atoms with van der Waals surface area (Å²) in [5, 5.41) is 12.0. The Morgan fingerprint density at radius 1 is 1.38 bits per heavy atom. The Kier molecular flexibility index (Phi) is 3.68. The fraction of sp³-hybridized carbons (Fsp3) is 0.267. The number of fused-ring (bicyclic) bond motifs is 1. The smallest absolute Gasteiger partial charge is 0.227 e. The summed E-state index contributed by atoms with van der Waals surface area (Å²) in [6.07, 6.45) is 4.68. The Morgan fingerprint density at radius 2 is 2.24 bits per heavy atom. The van der Waals surface area contributed by atoms with Gasteiger partial charge >= 0.3 is 0 Å². The highest BCUT2D eigenvalue weighted by molar-refractivity contribution is 5.96. The summed E-state index contributed by atoms with van der Waals surface area (Å²) in [7, 11) is 0. The molecule has 108 valence electrons. The molecule has 1 aromatic heterocycles. The molecular formula is C15H16N4O2. The molecule has 0 aliphatic carbocycles. The van der Waals surface area contributed by atoms with Gasteiger partial charge in [0.15, 0.2) is 0 Å². The van der Waals surface area contributed by atoms with E-state index in [1.54, 1.807) is 12.4 Å². The first-order valence-electron chi connectivity index (χ1n) is 6.90. The molecule has 1 aromatic carbocycles. The van der Waals surface area contributed by atoms with Crippen molar-refractivity contribution in [2.24, 2.45) is 5.92 Å². The third-order valence-corrected chi connectivity index (χ3v) is 3.61. The maximum atomic E-state index is 12.0. The molecule has 6 nitrogen and oxygen atoms in total. The van der Waals surface area contributed by atoms with Gasteiger partial charge in [0.25, 0.3) is 0 Å². The number of amides is 2. The van der Waals surface area contributed by atoms with Crippen LogP contribution in [0.1, 0.15) is 18.4 Å². The van der Waals surface area contributed by atoms with Crippen LogP contribution in [0, 0.1) is 5.92 Å². The molecule has 0 saturated heterocycles. The standard InChI is InChI=1S/C15H16N4O2/c20-14(18-12-8-16-17-9-12)6-5-11-7-10-3-1-2-4-13(10)19-15(11)21/h1-4,8-9,11H,5-7H2,(H,16,17)(H,18,20)(H,19,21)/t11-/m1/s1. The highest BCUT2D eigenvalue weighted by Crippen LogP contribution is 2.27. The van der Waals surface area contributed by atoms with Gasteiger partial charge in [-0.25, -0.2) is 0 Å². The largest absolute Gasteiger partial charge is 0.326 e. The molecule has 0 fully saturated rings. The molecule has 1 aliphatic rings. The predicted molar refractivity (Wildman–Crippen MR) is 78.7 cm³/mol. The number of para-hydroxylation sites is 1. The minimum absolute atomic E-state index is 0.00943. The van der Waals surface area contributed by atoms with Gasteiger partial charge in [-0.3, -0.25) is 14.7 Å². The maximum absolute atomic E-state index is 12.0. The number of aromatic amines is 1. The van der Waals surface area contributed by atoms with Crippen LogP contribution in [0.3, 0.4) is 0 Å². The van der Waals surface area contributed by atoms with Gasteiger partial charge in [-0.2, -0.15) is 5.10 Å². The second-order valence-corrected chi connectivity index (χ2v) is 5.12. The van der Waals surface area contributed by atoms with Crippen molar-refractivity contribution in [3.63, 3.8) is 0 Å². The van der Waals surface area contributed by atoms with Gasteiger partial charge in [0, 0.05) is 24.2 Å². The topological polar surface area (TPSA) is 86.9 Å². The Hall–Kier alpha value is -2.63. The van der Waals surface area contributed by atoms with E-state index in [9.17, 15) is 9.59 Å². The fourth-order valence-corrected chi connectivity index (χ4v) is 2.49. The van der Waals surface area contributed by atoms with Crippen molar-refractivity contribution < 1.29 is 9.59 Å². The van der Waals surface area contributed by atoms with Crippen molar-refractivity contribution in [2.45, 2.75) is 19.3 Å². The summed E-state index contributed by atoms with van der Waals surface area (Å²) in [6, 6.07) is 7.76. The maximum Gasteiger partial charge on any atom is 0.227 e. The first-order valence-corrected chi connectivity index (χ1v) is 6.90. The molecule has 0 saturated carbocycles. The lowest BCUT2D eigenvalue weighted by molar-refractivity contribution is -0.121. The Bertz CT molecular complexity index is 651. The molecule has 2 aromatic rings. The lowest BCUT2D eigenvalue weighted by Gasteiger charge is -2.24. The Morgan fingerprint density at radius 3 is 3.05 bits per heavy atom. The minimum atomic E-state index is -0.157. The number of nitrogens with one attached hydrogen (secondary N) is 3. The molecular weight excluding hydrogens is 268 g/mol. The summed E-state index contributed by atoms with van der Waals surface area (Å²) in [5.74, 6) is -0.275. The molecule has 6 heteroatoms. The van der Waals surface area contributed by atoms with Crippen LogP contribution >= 0.6 is 0 Å². The van der Waals surface area contributed by atoms with Gasteiger partial charge in [-0.1, -0.05) is 18.2 Å². The molecule has 2 heterocycles. The van der Waals surface area contributed by atoms with Crippen LogP contribution in [-0.4, -0.2) is 22.0 Å². The van der Waals surface area contributed by atoms with Crippen LogP contribution in [-0.2, 0) is 16.0 Å². The molecule has 1 aliphatic heterocycles. The SMILES string of the molecule is O=C(CC[C@@H]1Cc2ccccc2NC1=O)Nc1cn[nH]c1. The van der Waals surface area contributed by atoms with Crippen LogP contribution in [0.2, 0.25) is 0 Å². The number of hydrogen-bond donors (Lipinski definition) is 3. The number of carbonyl (C=O) groups excluding carboxylic acids is 2. The van der Waals surface area contributed by atoms with Crippen molar-refractivity contribution in [1.82, 2.24) is 10.2 Å². The van der Waals surface area contributed by atoms with Gasteiger partial charge in [-0.15, -0.1) is 0 Å². The molecule has 2 amide bonds. The number of H-pyrrole nitrogens is 1. The van der Waals surface area contributed by atoms with Crippen molar-refractivity contribution in [3.05, 3.63) is 42.2 Å². The normalized spacial score (nSPS) is 17.0. The molecule has 3 rings (SSSR count). The van der Waals surface area contributed by atoms with Gasteiger partial charge in [0.05, 0.1) is 11.9 Å². The van der Waals surface area contributed by atoms with E-state index < -0.39 is 0 Å². The van der Waals surface area contributed by atoms with Crippen LogP contribution in [0.25, 0.3) is 0 Å². The van der Waals surface area contributed by atoms with E-state index in [1.807, 2.05) is 24.3 Å². The number of nitrogens with zero attached hydrogens (tertiary/aromatic N) is 1. The van der Waals surface area contributed by atoms with Crippen molar-refractivity contribution in [1.29, 1.82) is 0 Å². The number of anilines is 2. The predicted octanol–water partition coefficient (Wildman–Crippen LogP) is 1.94. The molecule has 0 bridgehead atoms. The van der Waals surface area contributed by atoms with Gasteiger partial charge < -0.3 is 10.6 Å². The second-order valence-electron chi connectivity index (χ2n) is 5.12. The van der Waals surface area contributed by atoms with Gasteiger partial charge in [0.1, 0.15) is 0 Å². The summed E-state index contributed by atoms with van der Waals surface area (Å²) in [6.45, 7) is 0. The molecule has 0 radical (unpaired) electrons. The summed E-state index contributed by atoms with van der Waals surface area (Å²) < 4.78 is 0. The summed E-state index contributed by atoms with van der Waals surface area (Å²) in [4.78, 5) is 23.8. The van der Waals surface area contributed by atoms with Gasteiger partial charge in [0.2, 0.25) is 11.8 Å². The average Bonchev–Trinajstić information content (AvgIpc) is 2.98. The zero-order valence-electron chi connectivity index (χ0n) is 11.4. The Labute approximate surface area is 121 Å². The van der Waals surface area contributed by atoms with Crippen LogP contribution in [0.5, 0.6) is 0 Å². The lowest BCUT2D eigenvalue weighted by Crippen LogP contribution is -2.30. The second kappa shape index (κ2) is 5.78. The highest BCUT2D eigenvalue weighted by atomic mass is 16.2. The number of hydrogen-bond acceptors (Lipinski definition) is 3. The van der Waals surface area contributed by atoms with Crippen molar-refractivity contribution in [2.75, 3.05) is 10.6 Å².